The van der Waals surface area contributed by atoms with Crippen molar-refractivity contribution in [2.24, 2.45) is 0 Å². The van der Waals surface area contributed by atoms with Crippen molar-refractivity contribution in [3.8, 4) is 0 Å². The number of aryl methyl sites for hydroxylation is 2. The van der Waals surface area contributed by atoms with E-state index in [1.807, 2.05) is 38.1 Å². The summed E-state index contributed by atoms with van der Waals surface area (Å²) in [6.45, 7) is 4.58. The largest absolute Gasteiger partial charge is 0.374 e. The molecule has 0 spiro atoms. The van der Waals surface area contributed by atoms with Crippen LogP contribution in [0, 0.1) is 13.8 Å². The predicted molar refractivity (Wildman–Crippen MR) is 85.2 cm³/mol. The molecule has 0 bridgehead atoms. The molecule has 0 amide bonds. The summed E-state index contributed by atoms with van der Waals surface area (Å²) in [5, 5.41) is 0. The summed E-state index contributed by atoms with van der Waals surface area (Å²) in [5.74, 6) is 0. The molecule has 0 aliphatic rings. The van der Waals surface area contributed by atoms with Crippen molar-refractivity contribution in [1.82, 2.24) is 0 Å². The molecule has 2 rings (SSSR count). The molecule has 118 valence electrons. The van der Waals surface area contributed by atoms with E-state index in [-0.39, 0.29) is 18.1 Å². The molecule has 5 heteroatoms. The van der Waals surface area contributed by atoms with Gasteiger partial charge < -0.3 is 4.74 Å². The minimum atomic E-state index is -3.71. The lowest BCUT2D eigenvalue weighted by Gasteiger charge is -2.08. The molecular formula is C17H20O4S. The van der Waals surface area contributed by atoms with Crippen LogP contribution >= 0.6 is 0 Å². The topological polar surface area (TPSA) is 52.6 Å². The quantitative estimate of drug-likeness (QED) is 0.580. The van der Waals surface area contributed by atoms with Crippen LogP contribution in [0.2, 0.25) is 0 Å². The summed E-state index contributed by atoms with van der Waals surface area (Å²) in [5.41, 5.74) is 3.24. The first kappa shape index (κ1) is 16.7. The van der Waals surface area contributed by atoms with Crippen molar-refractivity contribution >= 4 is 10.1 Å². The fourth-order valence-corrected chi connectivity index (χ4v) is 2.82. The molecule has 0 aliphatic heterocycles. The van der Waals surface area contributed by atoms with Gasteiger partial charge in [-0.15, -0.1) is 0 Å². The Morgan fingerprint density at radius 3 is 2.27 bits per heavy atom. The van der Waals surface area contributed by atoms with E-state index in [1.165, 1.54) is 0 Å². The van der Waals surface area contributed by atoms with E-state index < -0.39 is 10.1 Å². The van der Waals surface area contributed by atoms with Crippen molar-refractivity contribution < 1.29 is 17.3 Å². The van der Waals surface area contributed by atoms with Gasteiger partial charge in [0.25, 0.3) is 10.1 Å². The molecule has 2 aromatic rings. The Balaban J connectivity index is 1.79. The zero-order valence-electron chi connectivity index (χ0n) is 12.8. The van der Waals surface area contributed by atoms with Gasteiger partial charge >= 0.3 is 0 Å². The summed E-state index contributed by atoms with van der Waals surface area (Å²) in [7, 11) is -3.71. The average Bonchev–Trinajstić information content (AvgIpc) is 2.49. The van der Waals surface area contributed by atoms with Gasteiger partial charge in [-0.05, 0) is 37.1 Å². The summed E-state index contributed by atoms with van der Waals surface area (Å²) < 4.78 is 34.3. The second-order valence-electron chi connectivity index (χ2n) is 5.07. The maximum Gasteiger partial charge on any atom is 0.297 e. The van der Waals surface area contributed by atoms with E-state index in [2.05, 4.69) is 0 Å². The van der Waals surface area contributed by atoms with Crippen LogP contribution in [0.1, 0.15) is 16.7 Å². The molecule has 0 aromatic heterocycles. The number of hydrogen-bond acceptors (Lipinski definition) is 4. The monoisotopic (exact) mass is 320 g/mol. The van der Waals surface area contributed by atoms with E-state index in [0.29, 0.717) is 6.61 Å². The molecule has 0 radical (unpaired) electrons. The minimum absolute atomic E-state index is 0.00207. The lowest BCUT2D eigenvalue weighted by atomic mass is 10.1. The van der Waals surface area contributed by atoms with Gasteiger partial charge in [0.1, 0.15) is 0 Å². The van der Waals surface area contributed by atoms with E-state index in [1.54, 1.807) is 24.3 Å². The summed E-state index contributed by atoms with van der Waals surface area (Å²) in [6, 6.07) is 14.5. The standard InChI is InChI=1S/C17H20O4S/c1-14-7-9-17(10-8-14)22(18,19)21-12-11-20-13-16-6-4-3-5-15(16)2/h3-10H,11-13H2,1-2H3. The molecule has 0 N–H and O–H groups in total. The Morgan fingerprint density at radius 2 is 1.59 bits per heavy atom. The van der Waals surface area contributed by atoms with Crippen molar-refractivity contribution in [2.75, 3.05) is 13.2 Å². The average molecular weight is 320 g/mol. The smallest absolute Gasteiger partial charge is 0.297 e. The van der Waals surface area contributed by atoms with Gasteiger partial charge in [0.15, 0.2) is 0 Å². The van der Waals surface area contributed by atoms with Gasteiger partial charge in [0, 0.05) is 0 Å². The minimum Gasteiger partial charge on any atom is -0.374 e. The summed E-state index contributed by atoms with van der Waals surface area (Å²) in [6.07, 6.45) is 0. The van der Waals surface area contributed by atoms with Crippen LogP contribution in [0.25, 0.3) is 0 Å². The Hall–Kier alpha value is -1.69. The zero-order valence-corrected chi connectivity index (χ0v) is 13.6. The Labute approximate surface area is 131 Å². The fraction of sp³-hybridized carbons (Fsp3) is 0.294. The van der Waals surface area contributed by atoms with Crippen LogP contribution in [-0.4, -0.2) is 21.6 Å². The molecule has 0 atom stereocenters. The van der Waals surface area contributed by atoms with Crippen molar-refractivity contribution in [3.63, 3.8) is 0 Å². The zero-order chi connectivity index (χ0) is 16.0. The van der Waals surface area contributed by atoms with Crippen LogP contribution in [0.5, 0.6) is 0 Å². The first-order valence-corrected chi connectivity index (χ1v) is 8.48. The van der Waals surface area contributed by atoms with Gasteiger partial charge in [-0.3, -0.25) is 4.18 Å². The second-order valence-corrected chi connectivity index (χ2v) is 6.68. The second kappa shape index (κ2) is 7.54. The molecule has 0 aliphatic carbocycles. The van der Waals surface area contributed by atoms with E-state index in [9.17, 15) is 8.42 Å². The Bertz CT molecular complexity index is 706. The van der Waals surface area contributed by atoms with E-state index in [0.717, 1.165) is 16.7 Å². The molecule has 0 heterocycles. The Morgan fingerprint density at radius 1 is 0.909 bits per heavy atom. The Kier molecular flexibility index (Phi) is 5.71. The molecule has 0 fully saturated rings. The van der Waals surface area contributed by atoms with Gasteiger partial charge in [0.2, 0.25) is 0 Å². The molecule has 22 heavy (non-hydrogen) atoms. The number of ether oxygens (including phenoxy) is 1. The highest BCUT2D eigenvalue weighted by Gasteiger charge is 2.14. The highest BCUT2D eigenvalue weighted by molar-refractivity contribution is 7.86. The van der Waals surface area contributed by atoms with Crippen LogP contribution in [0.15, 0.2) is 53.4 Å². The van der Waals surface area contributed by atoms with Crippen molar-refractivity contribution in [2.45, 2.75) is 25.3 Å². The lowest BCUT2D eigenvalue weighted by molar-refractivity contribution is 0.0905. The van der Waals surface area contributed by atoms with Crippen LogP contribution in [0.3, 0.4) is 0 Å². The molecule has 0 saturated heterocycles. The van der Waals surface area contributed by atoms with Gasteiger partial charge in [-0.2, -0.15) is 8.42 Å². The highest BCUT2D eigenvalue weighted by atomic mass is 32.2. The van der Waals surface area contributed by atoms with Crippen LogP contribution < -0.4 is 0 Å². The lowest BCUT2D eigenvalue weighted by Crippen LogP contribution is -2.11. The van der Waals surface area contributed by atoms with Crippen molar-refractivity contribution in [3.05, 3.63) is 65.2 Å². The summed E-state index contributed by atoms with van der Waals surface area (Å²) >= 11 is 0. The highest BCUT2D eigenvalue weighted by Crippen LogP contribution is 2.13. The number of hydrogen-bond donors (Lipinski definition) is 0. The molecular weight excluding hydrogens is 300 g/mol. The third-order valence-electron chi connectivity index (χ3n) is 3.29. The maximum atomic E-state index is 12.0. The first-order valence-electron chi connectivity index (χ1n) is 7.07. The third-order valence-corrected chi connectivity index (χ3v) is 4.62. The van der Waals surface area contributed by atoms with E-state index >= 15 is 0 Å². The van der Waals surface area contributed by atoms with Crippen LogP contribution in [0.4, 0.5) is 0 Å². The first-order chi connectivity index (χ1) is 10.5. The molecule has 0 saturated carbocycles. The van der Waals surface area contributed by atoms with E-state index in [4.69, 9.17) is 8.92 Å². The summed E-state index contributed by atoms with van der Waals surface area (Å²) in [4.78, 5) is 0.164. The normalized spacial score (nSPS) is 11.5. The fourth-order valence-electron chi connectivity index (χ4n) is 1.93. The molecule has 2 aromatic carbocycles. The van der Waals surface area contributed by atoms with Crippen LogP contribution in [-0.2, 0) is 25.6 Å². The van der Waals surface area contributed by atoms with Gasteiger partial charge in [-0.1, -0.05) is 42.0 Å². The SMILES string of the molecule is Cc1ccc(S(=O)(=O)OCCOCc2ccccc2C)cc1. The number of rotatable bonds is 7. The third kappa shape index (κ3) is 4.66. The van der Waals surface area contributed by atoms with Gasteiger partial charge in [-0.25, -0.2) is 0 Å². The van der Waals surface area contributed by atoms with Gasteiger partial charge in [0.05, 0.1) is 24.7 Å². The number of benzene rings is 2. The molecule has 0 unspecified atom stereocenters. The molecule has 4 nitrogen and oxygen atoms in total. The predicted octanol–water partition coefficient (Wildman–Crippen LogP) is 3.23. The van der Waals surface area contributed by atoms with Crippen molar-refractivity contribution in [1.29, 1.82) is 0 Å². The maximum absolute atomic E-state index is 12.0.